The first-order valence-corrected chi connectivity index (χ1v) is 10.9. The zero-order valence-corrected chi connectivity index (χ0v) is 19.8. The average molecular weight is 538 g/mol. The van der Waals surface area contributed by atoms with Gasteiger partial charge in [-0.3, -0.25) is 14.9 Å². The molecule has 1 atom stereocenters. The maximum atomic E-state index is 13.1. The number of hydrogen-bond acceptors (Lipinski definition) is 7. The highest BCUT2D eigenvalue weighted by Crippen LogP contribution is 2.34. The van der Waals surface area contributed by atoms with E-state index < -0.39 is 28.2 Å². The van der Waals surface area contributed by atoms with Crippen molar-refractivity contribution in [3.05, 3.63) is 71.7 Å². The van der Waals surface area contributed by atoms with E-state index in [1.54, 1.807) is 18.2 Å². The van der Waals surface area contributed by atoms with Crippen LogP contribution in [0.25, 0.3) is 10.9 Å². The summed E-state index contributed by atoms with van der Waals surface area (Å²) in [7, 11) is 0. The quantitative estimate of drug-likeness (QED) is 0.255. The van der Waals surface area contributed by atoms with Gasteiger partial charge in [0, 0.05) is 27.5 Å². The number of aromatic nitrogens is 2. The fourth-order valence-corrected chi connectivity index (χ4v) is 3.59. The fraction of sp³-hybridized carbons (Fsp3) is 0.238. The number of carboxylic acid groups (broad SMARTS) is 1. The Morgan fingerprint density at radius 2 is 2.15 bits per heavy atom. The van der Waals surface area contributed by atoms with Gasteiger partial charge in [-0.05, 0) is 37.6 Å². The Labute approximate surface area is 200 Å². The topological polar surface area (TPSA) is 137 Å². The molecule has 3 aromatic rings. The molecule has 0 aliphatic carbocycles. The minimum absolute atomic E-state index is 0.0140. The summed E-state index contributed by atoms with van der Waals surface area (Å²) in [6.07, 6.45) is 0.926. The van der Waals surface area contributed by atoms with Crippen molar-refractivity contribution in [1.82, 2.24) is 9.66 Å². The van der Waals surface area contributed by atoms with Crippen LogP contribution in [0.2, 0.25) is 5.02 Å². The van der Waals surface area contributed by atoms with E-state index in [1.165, 1.54) is 13.0 Å². The molecule has 172 valence electrons. The zero-order chi connectivity index (χ0) is 24.3. The van der Waals surface area contributed by atoms with Gasteiger partial charge in [0.1, 0.15) is 5.82 Å². The first-order chi connectivity index (χ1) is 15.6. The molecule has 1 N–H and O–H groups in total. The third-order valence-corrected chi connectivity index (χ3v) is 5.27. The predicted octanol–water partition coefficient (Wildman–Crippen LogP) is 4.41. The van der Waals surface area contributed by atoms with Crippen molar-refractivity contribution in [2.75, 3.05) is 0 Å². The predicted molar refractivity (Wildman–Crippen MR) is 127 cm³/mol. The number of aryl methyl sites for hydroxylation is 1. The molecule has 10 nitrogen and oxygen atoms in total. The van der Waals surface area contributed by atoms with Crippen LogP contribution in [0.5, 0.6) is 5.75 Å². The van der Waals surface area contributed by atoms with Crippen molar-refractivity contribution < 1.29 is 19.6 Å². The van der Waals surface area contributed by atoms with Gasteiger partial charge in [-0.2, -0.15) is 9.78 Å². The van der Waals surface area contributed by atoms with E-state index in [4.69, 9.17) is 21.4 Å². The lowest BCUT2D eigenvalue weighted by molar-refractivity contribution is -0.386. The van der Waals surface area contributed by atoms with Gasteiger partial charge in [0.05, 0.1) is 22.0 Å². The van der Waals surface area contributed by atoms with Gasteiger partial charge >= 0.3 is 11.7 Å². The number of nitro benzene ring substituents is 1. The van der Waals surface area contributed by atoms with E-state index in [9.17, 15) is 19.7 Å². The molecule has 2 aromatic carbocycles. The largest absolute Gasteiger partial charge is 0.479 e. The van der Waals surface area contributed by atoms with Gasteiger partial charge in [0.25, 0.3) is 5.56 Å². The highest BCUT2D eigenvalue weighted by Gasteiger charge is 2.25. The first-order valence-electron chi connectivity index (χ1n) is 9.75. The molecule has 0 unspecified atom stereocenters. The highest BCUT2D eigenvalue weighted by atomic mass is 79.9. The van der Waals surface area contributed by atoms with Crippen LogP contribution in [-0.2, 0) is 11.2 Å². The molecule has 0 radical (unpaired) electrons. The number of nitro groups is 1. The van der Waals surface area contributed by atoms with Crippen LogP contribution < -0.4 is 10.3 Å². The summed E-state index contributed by atoms with van der Waals surface area (Å²) in [6, 6.07) is 7.49. The number of ether oxygens (including phenoxy) is 1. The molecule has 12 heteroatoms. The van der Waals surface area contributed by atoms with Crippen LogP contribution in [0, 0.1) is 10.1 Å². The van der Waals surface area contributed by atoms with Gasteiger partial charge in [0.2, 0.25) is 5.75 Å². The lowest BCUT2D eigenvalue weighted by Crippen LogP contribution is -2.24. The second kappa shape index (κ2) is 10.1. The molecular formula is C21H18BrClN4O6. The van der Waals surface area contributed by atoms with Crippen LogP contribution >= 0.6 is 27.5 Å². The second-order valence-electron chi connectivity index (χ2n) is 7.00. The van der Waals surface area contributed by atoms with E-state index in [0.717, 1.165) is 17.0 Å². The summed E-state index contributed by atoms with van der Waals surface area (Å²) in [4.78, 5) is 39.7. The molecule has 0 saturated carbocycles. The zero-order valence-electron chi connectivity index (χ0n) is 17.5. The number of fused-ring (bicyclic) bond motifs is 1. The normalized spacial score (nSPS) is 12.2. The third kappa shape index (κ3) is 5.37. The molecule has 0 aliphatic heterocycles. The SMILES string of the molecule is CCCc1nc2ccc(Br)cc2c(=O)n1N=Cc1cc(Cl)cc([N+](=O)[O-])c1O[C@H](C)C(=O)O. The van der Waals surface area contributed by atoms with Crippen LogP contribution in [0.15, 0.2) is 44.7 Å². The van der Waals surface area contributed by atoms with Gasteiger partial charge in [-0.25, -0.2) is 9.78 Å². The smallest absolute Gasteiger partial charge is 0.344 e. The number of aliphatic carboxylic acids is 1. The van der Waals surface area contributed by atoms with Gasteiger partial charge in [0.15, 0.2) is 6.10 Å². The monoisotopic (exact) mass is 536 g/mol. The van der Waals surface area contributed by atoms with Crippen molar-refractivity contribution in [2.24, 2.45) is 5.10 Å². The lowest BCUT2D eigenvalue weighted by atomic mass is 10.2. The minimum atomic E-state index is -1.38. The van der Waals surface area contributed by atoms with Crippen molar-refractivity contribution in [3.63, 3.8) is 0 Å². The number of rotatable bonds is 8. The number of halogens is 2. The molecule has 0 fully saturated rings. The maximum absolute atomic E-state index is 13.1. The Morgan fingerprint density at radius 3 is 2.79 bits per heavy atom. The Bertz CT molecular complexity index is 1340. The van der Waals surface area contributed by atoms with E-state index in [0.29, 0.717) is 34.0 Å². The number of carbonyl (C=O) groups is 1. The number of hydrogen-bond donors (Lipinski definition) is 1. The molecule has 0 bridgehead atoms. The summed E-state index contributed by atoms with van der Waals surface area (Å²) in [5.74, 6) is -1.25. The van der Waals surface area contributed by atoms with Crippen molar-refractivity contribution in [1.29, 1.82) is 0 Å². The Kier molecular flexibility index (Phi) is 7.44. The van der Waals surface area contributed by atoms with Crippen LogP contribution in [-0.4, -0.2) is 38.0 Å². The van der Waals surface area contributed by atoms with Gasteiger partial charge in [-0.15, -0.1) is 0 Å². The molecule has 1 heterocycles. The van der Waals surface area contributed by atoms with E-state index in [-0.39, 0.29) is 16.3 Å². The van der Waals surface area contributed by atoms with Crippen molar-refractivity contribution in [2.45, 2.75) is 32.8 Å². The van der Waals surface area contributed by atoms with Crippen LogP contribution in [0.4, 0.5) is 5.69 Å². The van der Waals surface area contributed by atoms with E-state index in [2.05, 4.69) is 26.0 Å². The average Bonchev–Trinajstić information content (AvgIpc) is 2.75. The van der Waals surface area contributed by atoms with Gasteiger partial charge < -0.3 is 9.84 Å². The Balaban J connectivity index is 2.21. The molecule has 0 spiro atoms. The fourth-order valence-electron chi connectivity index (χ4n) is 3.01. The minimum Gasteiger partial charge on any atom is -0.479 e. The number of nitrogens with zero attached hydrogens (tertiary/aromatic N) is 4. The van der Waals surface area contributed by atoms with Crippen molar-refractivity contribution >= 4 is 56.3 Å². The van der Waals surface area contributed by atoms with E-state index in [1.807, 2.05) is 6.92 Å². The maximum Gasteiger partial charge on any atom is 0.344 e. The summed E-state index contributed by atoms with van der Waals surface area (Å²) >= 11 is 9.36. The Hall–Kier alpha value is -3.31. The number of carboxylic acids is 1. The second-order valence-corrected chi connectivity index (χ2v) is 8.35. The standard InChI is InChI=1S/C21H18BrClN4O6/c1-3-4-18-25-16-6-5-13(22)8-15(16)20(28)26(18)24-10-12-7-14(23)9-17(27(31)32)19(12)33-11(2)21(29)30/h5-11H,3-4H2,1-2H3,(H,29,30)/t11-/m1/s1. The molecule has 1 aromatic heterocycles. The Morgan fingerprint density at radius 1 is 1.42 bits per heavy atom. The molecule has 0 saturated heterocycles. The first kappa shape index (κ1) is 24.3. The molecule has 0 amide bonds. The molecular weight excluding hydrogens is 520 g/mol. The van der Waals surface area contributed by atoms with Crippen LogP contribution in [0.3, 0.4) is 0 Å². The summed E-state index contributed by atoms with van der Waals surface area (Å²) < 4.78 is 7.13. The lowest BCUT2D eigenvalue weighted by Gasteiger charge is -2.13. The molecule has 33 heavy (non-hydrogen) atoms. The van der Waals surface area contributed by atoms with Gasteiger partial charge in [-0.1, -0.05) is 34.5 Å². The van der Waals surface area contributed by atoms with Crippen molar-refractivity contribution in [3.8, 4) is 5.75 Å². The van der Waals surface area contributed by atoms with Crippen LogP contribution in [0.1, 0.15) is 31.7 Å². The molecule has 3 rings (SSSR count). The summed E-state index contributed by atoms with van der Waals surface area (Å²) in [6.45, 7) is 3.15. The van der Waals surface area contributed by atoms with E-state index >= 15 is 0 Å². The number of benzene rings is 2. The third-order valence-electron chi connectivity index (χ3n) is 4.56. The summed E-state index contributed by atoms with van der Waals surface area (Å²) in [5, 5.41) is 25.3. The summed E-state index contributed by atoms with van der Waals surface area (Å²) in [5.41, 5.74) is -0.417. The molecule has 0 aliphatic rings. The highest BCUT2D eigenvalue weighted by molar-refractivity contribution is 9.10.